The van der Waals surface area contributed by atoms with Gasteiger partial charge >= 0.3 is 5.69 Å². The number of H-pyrrole nitrogens is 1. The molecule has 1 heterocycles. The Bertz CT molecular complexity index is 1540. The molecule has 5 aromatic rings. The van der Waals surface area contributed by atoms with Crippen LogP contribution < -0.4 is 11.2 Å². The molecule has 0 amide bonds. The number of nitrogens with zero attached hydrogens (tertiary/aromatic N) is 1. The minimum absolute atomic E-state index is 0.387. The van der Waals surface area contributed by atoms with Crippen LogP contribution >= 0.6 is 23.2 Å². The van der Waals surface area contributed by atoms with Gasteiger partial charge in [0.05, 0.1) is 16.6 Å². The summed E-state index contributed by atoms with van der Waals surface area (Å²) in [4.78, 5) is 29.0. The lowest BCUT2D eigenvalue weighted by atomic mass is 10.0. The summed E-state index contributed by atoms with van der Waals surface area (Å²) in [6.45, 7) is 0. The van der Waals surface area contributed by atoms with Crippen molar-refractivity contribution in [2.45, 2.75) is 0 Å². The zero-order valence-corrected chi connectivity index (χ0v) is 17.0. The maximum Gasteiger partial charge on any atom is 0.333 e. The number of halogens is 2. The van der Waals surface area contributed by atoms with E-state index in [2.05, 4.69) is 4.98 Å². The maximum absolute atomic E-state index is 13.3. The molecule has 0 bridgehead atoms. The molecule has 4 aromatic carbocycles. The molecule has 0 atom stereocenters. The second-order valence-corrected chi connectivity index (χ2v) is 7.74. The van der Waals surface area contributed by atoms with Gasteiger partial charge in [0.15, 0.2) is 0 Å². The number of aromatic nitrogens is 2. The fourth-order valence-electron chi connectivity index (χ4n) is 3.77. The zero-order chi connectivity index (χ0) is 20.8. The third-order valence-electron chi connectivity index (χ3n) is 5.16. The number of fused-ring (bicyclic) bond motifs is 2. The molecule has 1 aromatic heterocycles. The predicted molar refractivity (Wildman–Crippen MR) is 123 cm³/mol. The van der Waals surface area contributed by atoms with E-state index in [4.69, 9.17) is 23.2 Å². The van der Waals surface area contributed by atoms with E-state index in [0.29, 0.717) is 32.2 Å². The zero-order valence-electron chi connectivity index (χ0n) is 15.5. The maximum atomic E-state index is 13.3. The van der Waals surface area contributed by atoms with Crippen LogP contribution in [0.25, 0.3) is 38.5 Å². The molecular formula is C24H14Cl2N2O2. The summed E-state index contributed by atoms with van der Waals surface area (Å²) in [7, 11) is 0. The third kappa shape index (κ3) is 2.93. The number of aromatic amines is 1. The summed E-state index contributed by atoms with van der Waals surface area (Å²) in [5.74, 6) is 0. The van der Waals surface area contributed by atoms with E-state index < -0.39 is 5.69 Å². The van der Waals surface area contributed by atoms with Crippen LogP contribution in [0.15, 0.2) is 88.5 Å². The largest absolute Gasteiger partial charge is 0.333 e. The molecule has 0 saturated carbocycles. The predicted octanol–water partition coefficient (Wildman–Crippen LogP) is 5.81. The number of hydrogen-bond donors (Lipinski definition) is 1. The standard InChI is InChI=1S/C24H14Cl2N2O2/c25-18-8-4-9-19(26)22(18)15-11-12-17-20(13-15)27-24(30)28(23(17)29)21-10-3-6-14-5-1-2-7-16(14)21/h1-13H,(H,27,30). The van der Waals surface area contributed by atoms with E-state index in [9.17, 15) is 9.59 Å². The van der Waals surface area contributed by atoms with E-state index in [1.807, 2.05) is 36.4 Å². The highest BCUT2D eigenvalue weighted by molar-refractivity contribution is 6.39. The van der Waals surface area contributed by atoms with E-state index >= 15 is 0 Å². The molecule has 0 aliphatic carbocycles. The van der Waals surface area contributed by atoms with Gasteiger partial charge in [0.25, 0.3) is 5.56 Å². The lowest BCUT2D eigenvalue weighted by Gasteiger charge is -2.11. The van der Waals surface area contributed by atoms with Crippen molar-refractivity contribution in [2.24, 2.45) is 0 Å². The molecule has 6 heteroatoms. The van der Waals surface area contributed by atoms with Crippen LogP contribution in [0, 0.1) is 0 Å². The molecule has 0 unspecified atom stereocenters. The highest BCUT2D eigenvalue weighted by Crippen LogP contribution is 2.35. The Morgan fingerprint density at radius 2 is 1.43 bits per heavy atom. The Hall–Kier alpha value is -3.34. The summed E-state index contributed by atoms with van der Waals surface area (Å²) in [5.41, 5.74) is 1.44. The molecule has 0 saturated heterocycles. The Labute approximate surface area is 180 Å². The van der Waals surface area contributed by atoms with Crippen molar-refractivity contribution in [1.82, 2.24) is 9.55 Å². The Morgan fingerprint density at radius 1 is 0.733 bits per heavy atom. The lowest BCUT2D eigenvalue weighted by Crippen LogP contribution is -2.33. The van der Waals surface area contributed by atoms with Crippen LogP contribution in [-0.2, 0) is 0 Å². The van der Waals surface area contributed by atoms with Gasteiger partial charge in [-0.15, -0.1) is 0 Å². The molecule has 0 aliphatic heterocycles. The third-order valence-corrected chi connectivity index (χ3v) is 5.79. The molecule has 30 heavy (non-hydrogen) atoms. The lowest BCUT2D eigenvalue weighted by molar-refractivity contribution is 0.908. The summed E-state index contributed by atoms with van der Waals surface area (Å²) < 4.78 is 1.17. The molecule has 146 valence electrons. The van der Waals surface area contributed by atoms with Gasteiger partial charge in [-0.1, -0.05) is 71.7 Å². The fourth-order valence-corrected chi connectivity index (χ4v) is 4.38. The molecule has 0 spiro atoms. The van der Waals surface area contributed by atoms with Crippen molar-refractivity contribution in [3.63, 3.8) is 0 Å². The monoisotopic (exact) mass is 432 g/mol. The number of hydrogen-bond acceptors (Lipinski definition) is 2. The molecule has 1 N–H and O–H groups in total. The molecule has 0 fully saturated rings. The highest BCUT2D eigenvalue weighted by atomic mass is 35.5. The second-order valence-electron chi connectivity index (χ2n) is 6.93. The first-order valence-corrected chi connectivity index (χ1v) is 10.0. The first-order chi connectivity index (χ1) is 14.5. The molecular weight excluding hydrogens is 419 g/mol. The van der Waals surface area contributed by atoms with Gasteiger partial charge < -0.3 is 4.98 Å². The van der Waals surface area contributed by atoms with E-state index in [0.717, 1.165) is 16.3 Å². The van der Waals surface area contributed by atoms with Gasteiger partial charge in [-0.25, -0.2) is 9.36 Å². The van der Waals surface area contributed by atoms with Crippen LogP contribution in [0.4, 0.5) is 0 Å². The quantitative estimate of drug-likeness (QED) is 0.382. The molecule has 0 aliphatic rings. The average molecular weight is 433 g/mol. The van der Waals surface area contributed by atoms with Crippen molar-refractivity contribution in [2.75, 3.05) is 0 Å². The van der Waals surface area contributed by atoms with E-state index in [1.54, 1.807) is 42.5 Å². The van der Waals surface area contributed by atoms with E-state index in [-0.39, 0.29) is 5.56 Å². The Morgan fingerprint density at radius 3 is 2.23 bits per heavy atom. The van der Waals surface area contributed by atoms with E-state index in [1.165, 1.54) is 4.57 Å². The van der Waals surface area contributed by atoms with Crippen molar-refractivity contribution in [3.05, 3.63) is 110 Å². The minimum Gasteiger partial charge on any atom is -0.306 e. The minimum atomic E-state index is -0.508. The van der Waals surface area contributed by atoms with Gasteiger partial charge in [0, 0.05) is 21.0 Å². The topological polar surface area (TPSA) is 54.9 Å². The van der Waals surface area contributed by atoms with Gasteiger partial charge in [-0.3, -0.25) is 4.79 Å². The van der Waals surface area contributed by atoms with Gasteiger partial charge in [-0.05, 0) is 41.3 Å². The van der Waals surface area contributed by atoms with Crippen molar-refractivity contribution >= 4 is 44.9 Å². The van der Waals surface area contributed by atoms with Crippen LogP contribution in [0.1, 0.15) is 0 Å². The van der Waals surface area contributed by atoms with Crippen LogP contribution in [0.3, 0.4) is 0 Å². The first kappa shape index (κ1) is 18.7. The van der Waals surface area contributed by atoms with Gasteiger partial charge in [0.1, 0.15) is 0 Å². The molecule has 5 rings (SSSR count). The summed E-state index contributed by atoms with van der Waals surface area (Å²) in [6, 6.07) is 23.6. The second kappa shape index (κ2) is 7.17. The van der Waals surface area contributed by atoms with Gasteiger partial charge in [-0.2, -0.15) is 0 Å². The summed E-state index contributed by atoms with van der Waals surface area (Å²) >= 11 is 12.6. The highest BCUT2D eigenvalue weighted by Gasteiger charge is 2.14. The SMILES string of the molecule is O=c1[nH]c2cc(-c3c(Cl)cccc3Cl)ccc2c(=O)n1-c1cccc2ccccc12. The number of rotatable bonds is 2. The Kier molecular flexibility index (Phi) is 4.46. The van der Waals surface area contributed by atoms with Crippen LogP contribution in [0.2, 0.25) is 10.0 Å². The van der Waals surface area contributed by atoms with Gasteiger partial charge in [0.2, 0.25) is 0 Å². The fraction of sp³-hybridized carbons (Fsp3) is 0. The summed E-state index contributed by atoms with van der Waals surface area (Å²) in [6.07, 6.45) is 0. The summed E-state index contributed by atoms with van der Waals surface area (Å²) in [5, 5.41) is 3.16. The smallest absolute Gasteiger partial charge is 0.306 e. The normalized spacial score (nSPS) is 11.3. The number of nitrogens with one attached hydrogen (secondary N) is 1. The first-order valence-electron chi connectivity index (χ1n) is 9.26. The van der Waals surface area contributed by atoms with Crippen LogP contribution in [-0.4, -0.2) is 9.55 Å². The van der Waals surface area contributed by atoms with Crippen molar-refractivity contribution in [1.29, 1.82) is 0 Å². The number of benzene rings is 4. The average Bonchev–Trinajstić information content (AvgIpc) is 2.73. The van der Waals surface area contributed by atoms with Crippen molar-refractivity contribution in [3.8, 4) is 16.8 Å². The molecule has 4 nitrogen and oxygen atoms in total. The Balaban J connectivity index is 1.78. The molecule has 0 radical (unpaired) electrons. The van der Waals surface area contributed by atoms with Crippen molar-refractivity contribution < 1.29 is 0 Å². The van der Waals surface area contributed by atoms with Crippen LogP contribution in [0.5, 0.6) is 0 Å².